The Kier molecular flexibility index (Phi) is 7.00. The van der Waals surface area contributed by atoms with Gasteiger partial charge in [-0.3, -0.25) is 0 Å². The monoisotopic (exact) mass is 392 g/mol. The number of dihydropyridines is 1. The summed E-state index contributed by atoms with van der Waals surface area (Å²) < 4.78 is 24.2. The molecule has 27 heavy (non-hydrogen) atoms. The standard InChI is InChI=1S/C20H22ClFN2O3/c1-11(2)9-27-20(25)19-17(10-26-4)24-12(3)15(8-23)18(19)14-6-5-13(22)7-16(14)21/h5-7,11,18,24H,9-10H2,1-4H3. The van der Waals surface area contributed by atoms with E-state index in [-0.39, 0.29) is 29.7 Å². The van der Waals surface area contributed by atoms with Gasteiger partial charge in [-0.1, -0.05) is 31.5 Å². The minimum Gasteiger partial charge on any atom is -0.462 e. The Bertz CT molecular complexity index is 840. The molecule has 1 aliphatic rings. The Balaban J connectivity index is 2.63. The third-order valence-electron chi connectivity index (χ3n) is 4.10. The minimum absolute atomic E-state index is 0.122. The van der Waals surface area contributed by atoms with Gasteiger partial charge in [0.25, 0.3) is 0 Å². The molecular weight excluding hydrogens is 371 g/mol. The zero-order valence-electron chi connectivity index (χ0n) is 15.7. The molecule has 1 aliphatic heterocycles. The van der Waals surface area contributed by atoms with Crippen molar-refractivity contribution in [1.29, 1.82) is 5.26 Å². The van der Waals surface area contributed by atoms with E-state index >= 15 is 0 Å². The van der Waals surface area contributed by atoms with E-state index in [1.807, 2.05) is 13.8 Å². The molecule has 0 saturated carbocycles. The zero-order valence-corrected chi connectivity index (χ0v) is 16.5. The van der Waals surface area contributed by atoms with Crippen molar-refractivity contribution in [2.45, 2.75) is 26.7 Å². The Hall–Kier alpha value is -2.36. The molecule has 1 aromatic carbocycles. The van der Waals surface area contributed by atoms with Crippen molar-refractivity contribution in [3.05, 3.63) is 57.1 Å². The number of hydrogen-bond acceptors (Lipinski definition) is 5. The van der Waals surface area contributed by atoms with Crippen LogP contribution in [0.1, 0.15) is 32.3 Å². The molecule has 0 amide bonds. The second-order valence-corrected chi connectivity index (χ2v) is 7.10. The second kappa shape index (κ2) is 9.03. The maximum absolute atomic E-state index is 13.5. The summed E-state index contributed by atoms with van der Waals surface area (Å²) in [5, 5.41) is 12.9. The van der Waals surface area contributed by atoms with E-state index in [1.54, 1.807) is 6.92 Å². The van der Waals surface area contributed by atoms with Gasteiger partial charge in [0, 0.05) is 17.8 Å². The lowest BCUT2D eigenvalue weighted by Crippen LogP contribution is -2.32. The zero-order chi connectivity index (χ0) is 20.1. The first-order chi connectivity index (χ1) is 12.8. The highest BCUT2D eigenvalue weighted by atomic mass is 35.5. The quantitative estimate of drug-likeness (QED) is 0.739. The van der Waals surface area contributed by atoms with Crippen molar-refractivity contribution in [2.24, 2.45) is 5.92 Å². The summed E-state index contributed by atoms with van der Waals surface area (Å²) in [7, 11) is 1.50. The molecule has 1 aromatic rings. The highest BCUT2D eigenvalue weighted by molar-refractivity contribution is 6.31. The van der Waals surface area contributed by atoms with Crippen LogP contribution in [0, 0.1) is 23.1 Å². The van der Waals surface area contributed by atoms with Gasteiger partial charge in [-0.2, -0.15) is 5.26 Å². The molecule has 1 N–H and O–H groups in total. The average Bonchev–Trinajstić information content (AvgIpc) is 2.59. The third-order valence-corrected chi connectivity index (χ3v) is 4.42. The number of nitrogens with zero attached hydrogens (tertiary/aromatic N) is 1. The van der Waals surface area contributed by atoms with Crippen LogP contribution in [0.4, 0.5) is 4.39 Å². The SMILES string of the molecule is COCC1=C(C(=O)OCC(C)C)C(c2ccc(F)cc2Cl)C(C#N)=C(C)N1. The van der Waals surface area contributed by atoms with Gasteiger partial charge in [-0.15, -0.1) is 0 Å². The number of carbonyl (C=O) groups is 1. The van der Waals surface area contributed by atoms with Crippen LogP contribution < -0.4 is 5.32 Å². The van der Waals surface area contributed by atoms with Crippen molar-refractivity contribution in [2.75, 3.05) is 20.3 Å². The summed E-state index contributed by atoms with van der Waals surface area (Å²) in [6.07, 6.45) is 0. The Morgan fingerprint density at radius 1 is 1.44 bits per heavy atom. The van der Waals surface area contributed by atoms with E-state index in [1.165, 1.54) is 19.2 Å². The number of benzene rings is 1. The van der Waals surface area contributed by atoms with Gasteiger partial charge < -0.3 is 14.8 Å². The number of nitriles is 1. The summed E-state index contributed by atoms with van der Waals surface area (Å²) in [4.78, 5) is 12.9. The van der Waals surface area contributed by atoms with E-state index in [0.717, 1.165) is 6.07 Å². The summed E-state index contributed by atoms with van der Waals surface area (Å²) >= 11 is 6.26. The predicted octanol–water partition coefficient (Wildman–Crippen LogP) is 4.06. The Labute approximate surface area is 163 Å². The third kappa shape index (κ3) is 4.68. The number of methoxy groups -OCH3 is 1. The molecule has 0 fully saturated rings. The second-order valence-electron chi connectivity index (χ2n) is 6.69. The molecule has 0 aliphatic carbocycles. The van der Waals surface area contributed by atoms with Crippen molar-refractivity contribution < 1.29 is 18.7 Å². The molecule has 7 heteroatoms. The van der Waals surface area contributed by atoms with Gasteiger partial charge in [0.15, 0.2) is 0 Å². The van der Waals surface area contributed by atoms with Crippen LogP contribution >= 0.6 is 11.6 Å². The van der Waals surface area contributed by atoms with Crippen LogP contribution in [0.25, 0.3) is 0 Å². The van der Waals surface area contributed by atoms with Crippen LogP contribution in [0.2, 0.25) is 5.02 Å². The van der Waals surface area contributed by atoms with Crippen molar-refractivity contribution in [3.8, 4) is 6.07 Å². The predicted molar refractivity (Wildman–Crippen MR) is 100 cm³/mol. The fourth-order valence-electron chi connectivity index (χ4n) is 2.91. The lowest BCUT2D eigenvalue weighted by molar-refractivity contribution is -0.140. The van der Waals surface area contributed by atoms with Gasteiger partial charge in [0.2, 0.25) is 0 Å². The maximum atomic E-state index is 13.5. The largest absolute Gasteiger partial charge is 0.462 e. The lowest BCUT2D eigenvalue weighted by Gasteiger charge is -2.30. The van der Waals surface area contributed by atoms with Crippen LogP contribution in [-0.4, -0.2) is 26.3 Å². The number of esters is 1. The number of carbonyl (C=O) groups excluding carboxylic acids is 1. The number of hydrogen-bond donors (Lipinski definition) is 1. The lowest BCUT2D eigenvalue weighted by atomic mass is 9.81. The average molecular weight is 393 g/mol. The first-order valence-electron chi connectivity index (χ1n) is 8.52. The first kappa shape index (κ1) is 20.9. The van der Waals surface area contributed by atoms with Crippen LogP contribution in [-0.2, 0) is 14.3 Å². The molecule has 0 spiro atoms. The van der Waals surface area contributed by atoms with Gasteiger partial charge in [0.05, 0.1) is 42.0 Å². The van der Waals surface area contributed by atoms with Crippen LogP contribution in [0.3, 0.4) is 0 Å². The van der Waals surface area contributed by atoms with Crippen LogP contribution in [0.5, 0.6) is 0 Å². The molecule has 5 nitrogen and oxygen atoms in total. The fourth-order valence-corrected chi connectivity index (χ4v) is 3.19. The van der Waals surface area contributed by atoms with Gasteiger partial charge >= 0.3 is 5.97 Å². The fraction of sp³-hybridized carbons (Fsp3) is 0.400. The summed E-state index contributed by atoms with van der Waals surface area (Å²) in [5.41, 5.74) is 2.09. The van der Waals surface area contributed by atoms with Crippen molar-refractivity contribution in [1.82, 2.24) is 5.32 Å². The minimum atomic E-state index is -0.769. The molecule has 1 atom stereocenters. The van der Waals surface area contributed by atoms with Gasteiger partial charge in [-0.25, -0.2) is 9.18 Å². The van der Waals surface area contributed by atoms with Gasteiger partial charge in [-0.05, 0) is 30.5 Å². The molecular formula is C20H22ClFN2O3. The highest BCUT2D eigenvalue weighted by Crippen LogP contribution is 2.41. The molecule has 0 saturated heterocycles. The topological polar surface area (TPSA) is 71.3 Å². The number of ether oxygens (including phenoxy) is 2. The summed E-state index contributed by atoms with van der Waals surface area (Å²) in [5.74, 6) is -1.68. The molecule has 1 heterocycles. The van der Waals surface area contributed by atoms with Crippen LogP contribution in [0.15, 0.2) is 40.7 Å². The van der Waals surface area contributed by atoms with Gasteiger partial charge in [0.1, 0.15) is 5.82 Å². The Morgan fingerprint density at radius 2 is 2.15 bits per heavy atom. The molecule has 0 bridgehead atoms. The first-order valence-corrected chi connectivity index (χ1v) is 8.89. The highest BCUT2D eigenvalue weighted by Gasteiger charge is 2.36. The van der Waals surface area contributed by atoms with Crippen molar-refractivity contribution >= 4 is 17.6 Å². The number of nitrogens with one attached hydrogen (secondary N) is 1. The van der Waals surface area contributed by atoms with E-state index < -0.39 is 17.7 Å². The Morgan fingerprint density at radius 3 is 2.70 bits per heavy atom. The summed E-state index contributed by atoms with van der Waals surface area (Å²) in [6, 6.07) is 6.04. The van der Waals surface area contributed by atoms with E-state index in [2.05, 4.69) is 11.4 Å². The number of rotatable bonds is 6. The molecule has 2 rings (SSSR count). The molecule has 0 aromatic heterocycles. The number of allylic oxidation sites excluding steroid dienone is 2. The van der Waals surface area contributed by atoms with E-state index in [0.29, 0.717) is 22.5 Å². The number of halogens is 2. The summed E-state index contributed by atoms with van der Waals surface area (Å²) in [6.45, 7) is 5.94. The normalized spacial score (nSPS) is 17.0. The smallest absolute Gasteiger partial charge is 0.336 e. The molecule has 0 radical (unpaired) electrons. The van der Waals surface area contributed by atoms with Crippen molar-refractivity contribution in [3.63, 3.8) is 0 Å². The maximum Gasteiger partial charge on any atom is 0.336 e. The van der Waals surface area contributed by atoms with E-state index in [9.17, 15) is 14.4 Å². The molecule has 144 valence electrons. The van der Waals surface area contributed by atoms with E-state index in [4.69, 9.17) is 21.1 Å². The molecule has 1 unspecified atom stereocenters.